The van der Waals surface area contributed by atoms with Gasteiger partial charge in [-0.1, -0.05) is 19.1 Å². The van der Waals surface area contributed by atoms with Gasteiger partial charge in [0.1, 0.15) is 37.3 Å². The van der Waals surface area contributed by atoms with Crippen molar-refractivity contribution < 1.29 is 276 Å². The Morgan fingerprint density at radius 3 is 0.912 bits per heavy atom. The predicted molar refractivity (Wildman–Crippen MR) is 248 cm³/mol. The van der Waals surface area contributed by atoms with Crippen molar-refractivity contribution in [1.82, 2.24) is 0 Å². The molecule has 0 saturated heterocycles. The summed E-state index contributed by atoms with van der Waals surface area (Å²) in [6.07, 6.45) is 0. The maximum absolute atomic E-state index is 12.1. The molecule has 0 heterocycles. The van der Waals surface area contributed by atoms with Crippen molar-refractivity contribution in [2.75, 3.05) is 46.4 Å². The third-order valence-corrected chi connectivity index (χ3v) is 18.5. The zero-order chi connectivity index (χ0) is 59.9. The first-order chi connectivity index (χ1) is 33.9. The van der Waals surface area contributed by atoms with Crippen LogP contribution in [0.4, 0.5) is 39.5 Å². The smallest absolute Gasteiger partial charge is 0.872 e. The van der Waals surface area contributed by atoms with Crippen molar-refractivity contribution in [3.8, 4) is 23.0 Å². The molecule has 0 aliphatic carbocycles. The van der Waals surface area contributed by atoms with Crippen molar-refractivity contribution in [3.63, 3.8) is 0 Å². The van der Waals surface area contributed by atoms with Gasteiger partial charge in [-0.3, -0.25) is 0 Å². The number of methoxy groups -OCH3 is 3. The van der Waals surface area contributed by atoms with Crippen molar-refractivity contribution in [2.24, 2.45) is 0 Å². The first-order valence-corrected chi connectivity index (χ1v) is 30.1. The van der Waals surface area contributed by atoms with Gasteiger partial charge in [-0.25, -0.2) is 58.9 Å². The molecule has 0 aliphatic rings. The van der Waals surface area contributed by atoms with E-state index in [0.717, 1.165) is 68.5 Å². The Bertz CT molecular complexity index is 3080. The van der Waals surface area contributed by atoms with Gasteiger partial charge >= 0.3 is 164 Å². The molecule has 4 aromatic carbocycles. The van der Waals surface area contributed by atoms with E-state index >= 15 is 0 Å². The van der Waals surface area contributed by atoms with Gasteiger partial charge < -0.3 is 50.4 Å². The summed E-state index contributed by atoms with van der Waals surface area (Å²) < 4.78 is 281. The summed E-state index contributed by atoms with van der Waals surface area (Å²) in [6, 6.07) is 17.1. The van der Waals surface area contributed by atoms with Crippen molar-refractivity contribution in [3.05, 3.63) is 105 Å². The van der Waals surface area contributed by atoms with Crippen molar-refractivity contribution in [2.45, 2.75) is 43.0 Å². The molecule has 45 heteroatoms. The maximum Gasteiger partial charge on any atom is 1.00 e. The number of ether oxygens (including phenoxy) is 3. The average Bonchev–Trinajstić information content (AvgIpc) is 3.29. The van der Waals surface area contributed by atoms with Crippen LogP contribution >= 0.6 is 10.7 Å². The van der Waals surface area contributed by atoms with E-state index < -0.39 is 111 Å². The van der Waals surface area contributed by atoms with Gasteiger partial charge in [0.05, 0.1) is 31.1 Å². The van der Waals surface area contributed by atoms with Gasteiger partial charge in [0.25, 0.3) is 18.9 Å². The number of sulfonamides is 4. The summed E-state index contributed by atoms with van der Waals surface area (Å²) >= 11 is 4.39. The minimum absolute atomic E-state index is 0. The summed E-state index contributed by atoms with van der Waals surface area (Å²) in [5.41, 5.74) is -17.2. The van der Waals surface area contributed by atoms with Crippen LogP contribution in [0.2, 0.25) is 0 Å². The van der Waals surface area contributed by atoms with Crippen LogP contribution < -0.4 is 172 Å². The van der Waals surface area contributed by atoms with E-state index in [2.05, 4.69) is 12.6 Å². The first-order valence-electron chi connectivity index (χ1n) is 18.1. The van der Waals surface area contributed by atoms with E-state index in [9.17, 15) is 104 Å². The molecule has 0 fully saturated rings. The van der Waals surface area contributed by atoms with Crippen molar-refractivity contribution >= 4 is 92.1 Å². The number of aliphatic hydroxyl groups excluding tert-OH is 1. The molecule has 1 N–H and O–H groups in total. The molecule has 0 atom stereocenters. The predicted octanol–water partition coefficient (Wildman–Crippen LogP) is -10.6. The van der Waals surface area contributed by atoms with Crippen LogP contribution in [0, 0.1) is 0 Å². The van der Waals surface area contributed by atoms with E-state index in [1.807, 2.05) is 15.2 Å². The fourth-order valence-electron chi connectivity index (χ4n) is 3.65. The Kier molecular flexibility index (Phi) is 51.4. The number of hydrogen-bond donors (Lipinski definition) is 1. The SMILES string of the molecule is CC[S-].CO.COc1ccc(S(=O)(=O)CS(=O)(=O)C(F)(F)F)cc1.COc1ccc(S(=O)(=O)Cl)cc1.COc1ccc(S(=O)(=O)[N-]S(=O)(=O)C(F)(F)F)cc1.C[O-].O=S(=O)([N-]S(=O)(=O)C(F)(F)F)c1ccc([O-])cc1.[Na+].[Na+].[Na+].[Na+].[Na+]. The van der Waals surface area contributed by atoms with Crippen LogP contribution in [-0.2, 0) is 81.4 Å². The van der Waals surface area contributed by atoms with Crippen LogP contribution in [0.15, 0.2) is 117 Å². The number of nitrogens with zero attached hydrogens (tertiary/aromatic N) is 2. The maximum atomic E-state index is 12.1. The Labute approximate surface area is 577 Å². The standard InChI is InChI=1S/C9H9F3O5S2.C8H7F3NO5S2.C7H7ClO3S.C7H5F3NO5S2.C2H6S.CH4O.CH3O.5Na/c1-17-7-2-4-8(5-3-7)18(13,14)6-19(15,16)9(10,11)12;1-17-6-2-4-7(5-3-6)18(13,14)12-19(15,16)8(9,10)11;1-11-6-2-4-7(5-3-6)12(8,9)10;8-7(9,10)18(15,16)11-17(13,14)6-3-1-5(12)2-4-6;1-2-3;2*1-2;;;;;/h2-5H,6H2,1H3;2-5H,1H3;2-5H,1H3;1-4,12H;3H,2H2,1H3;2H,1H3;1H3;;;;;/q;-1;;-1;;;-1;5*+1/p-2. The summed E-state index contributed by atoms with van der Waals surface area (Å²) in [5, 5.41) is 23.9. The number of alkyl halides is 9. The third-order valence-electron chi connectivity index (χ3n) is 6.88. The Morgan fingerprint density at radius 2 is 0.700 bits per heavy atom. The molecule has 80 heavy (non-hydrogen) atoms. The second kappa shape index (κ2) is 42.5. The summed E-state index contributed by atoms with van der Waals surface area (Å²) in [6.45, 7) is 1.94. The van der Waals surface area contributed by atoms with Gasteiger partial charge in [0, 0.05) is 27.6 Å². The fraction of sp³-hybridized carbons (Fsp3) is 0.314. The molecule has 4 rings (SSSR count). The molecule has 0 aromatic heterocycles. The molecule has 22 nitrogen and oxygen atoms in total. The third kappa shape index (κ3) is 35.4. The molecule has 0 aliphatic heterocycles. The monoisotopic (exact) mass is 1380 g/mol. The van der Waals surface area contributed by atoms with E-state index in [-0.39, 0.29) is 164 Å². The normalized spacial score (nSPS) is 11.4. The van der Waals surface area contributed by atoms with Crippen molar-refractivity contribution in [1.29, 1.82) is 0 Å². The summed E-state index contributed by atoms with van der Waals surface area (Å²) in [7, 11) is -25.3. The number of aliphatic hydroxyl groups is 1. The van der Waals surface area contributed by atoms with E-state index in [0.29, 0.717) is 17.9 Å². The van der Waals surface area contributed by atoms with Crippen LogP contribution in [0.3, 0.4) is 0 Å². The van der Waals surface area contributed by atoms with E-state index in [1.165, 1.54) is 57.7 Å². The molecular formula is C35H39ClF9N2Na5O20S8. The quantitative estimate of drug-likeness (QED) is 0.0562. The van der Waals surface area contributed by atoms with Gasteiger partial charge in [-0.2, -0.15) is 52.4 Å². The molecule has 0 spiro atoms. The van der Waals surface area contributed by atoms with E-state index in [4.69, 9.17) is 35.1 Å². The summed E-state index contributed by atoms with van der Waals surface area (Å²) in [4.78, 5) is -1.97. The molecule has 4 aromatic rings. The molecule has 432 valence electrons. The molecule has 0 unspecified atom stereocenters. The average molecular weight is 1390 g/mol. The topological polar surface area (TPSA) is 361 Å². The van der Waals surface area contributed by atoms with Gasteiger partial charge in [0.15, 0.2) is 35.0 Å². The number of halogens is 10. The Morgan fingerprint density at radius 1 is 0.475 bits per heavy atom. The number of benzene rings is 4. The Hall–Kier alpha value is 0.580. The Balaban J connectivity index is -0.000000137. The largest absolute Gasteiger partial charge is 1.00 e. The fourth-order valence-corrected chi connectivity index (χ4v) is 12.1. The van der Waals surface area contributed by atoms with Crippen LogP contribution in [0.25, 0.3) is 8.25 Å². The van der Waals surface area contributed by atoms with Gasteiger partial charge in [-0.15, -0.1) is 5.75 Å². The molecule has 0 saturated carbocycles. The minimum Gasteiger partial charge on any atom is -0.872 e. The number of rotatable bonds is 13. The number of sulfone groups is 2. The first kappa shape index (κ1) is 96.9. The molecular weight excluding hydrogens is 1350 g/mol. The van der Waals surface area contributed by atoms with Gasteiger partial charge in [-0.05, 0) is 84.9 Å². The second-order valence-corrected chi connectivity index (χ2v) is 26.3. The minimum atomic E-state index is -6.15. The second-order valence-electron chi connectivity index (χ2n) is 12.0. The van der Waals surface area contributed by atoms with Crippen LogP contribution in [-0.4, -0.2) is 127 Å². The number of hydrogen-bond acceptors (Lipinski definition) is 21. The van der Waals surface area contributed by atoms with Crippen LogP contribution in [0.5, 0.6) is 23.0 Å². The molecule has 0 amide bonds. The zero-order valence-corrected chi connectivity index (χ0v) is 60.6. The molecule has 0 bridgehead atoms. The van der Waals surface area contributed by atoms with E-state index in [1.54, 1.807) is 0 Å². The van der Waals surface area contributed by atoms with Gasteiger partial charge in [0.2, 0.25) is 0 Å². The molecule has 0 radical (unpaired) electrons. The zero-order valence-electron chi connectivity index (χ0n) is 43.3. The van der Waals surface area contributed by atoms with Crippen LogP contribution in [0.1, 0.15) is 6.92 Å². The summed E-state index contributed by atoms with van der Waals surface area (Å²) in [5.74, 6) is 1.38.